The predicted molar refractivity (Wildman–Crippen MR) is 39.1 cm³/mol. The van der Waals surface area contributed by atoms with Crippen molar-refractivity contribution in [1.82, 2.24) is 10.2 Å². The van der Waals surface area contributed by atoms with Crippen LogP contribution in [0.4, 0.5) is 0 Å². The van der Waals surface area contributed by atoms with Crippen LogP contribution in [-0.2, 0) is 4.57 Å². The molecule has 0 atom stereocenters. The molecule has 1 rings (SSSR count). The Morgan fingerprint density at radius 2 is 1.92 bits per heavy atom. The van der Waals surface area contributed by atoms with E-state index in [2.05, 4.69) is 10.2 Å². The van der Waals surface area contributed by atoms with E-state index < -0.39 is 7.82 Å². The highest BCUT2D eigenvalue weighted by Gasteiger charge is 2.00. The summed E-state index contributed by atoms with van der Waals surface area (Å²) in [5.41, 5.74) is -0.164. The topological polar surface area (TPSA) is 124 Å². The summed E-state index contributed by atoms with van der Waals surface area (Å²) in [7, 11) is -4.64. The fraction of sp³-hybridized carbons (Fsp3) is 0. The summed E-state index contributed by atoms with van der Waals surface area (Å²) in [5.74, 6) is 0. The average Bonchev–Trinajstić information content (AvgIpc) is 1.85. The third kappa shape index (κ3) is 11.7. The largest absolute Gasteiger partial charge is 0.466 e. The molecule has 0 spiro atoms. The number of aromatic amines is 1. The van der Waals surface area contributed by atoms with Crippen LogP contribution in [-0.4, -0.2) is 24.9 Å². The number of aromatic nitrogens is 2. The van der Waals surface area contributed by atoms with Crippen LogP contribution in [0.1, 0.15) is 0 Å². The molecular weight excluding hydrogens is 187 g/mol. The first-order chi connectivity index (χ1) is 5.39. The van der Waals surface area contributed by atoms with E-state index in [-0.39, 0.29) is 5.56 Å². The number of hydrogen-bond acceptors (Lipinski definition) is 3. The van der Waals surface area contributed by atoms with E-state index in [1.165, 1.54) is 12.3 Å². The van der Waals surface area contributed by atoms with Crippen LogP contribution in [0.25, 0.3) is 0 Å². The van der Waals surface area contributed by atoms with Gasteiger partial charge in [-0.05, 0) is 6.07 Å². The van der Waals surface area contributed by atoms with E-state index in [1.54, 1.807) is 6.07 Å². The maximum Gasteiger partial charge on any atom is 0.466 e. The first-order valence-electron chi connectivity index (χ1n) is 2.67. The minimum Gasteiger partial charge on any atom is -0.303 e. The molecule has 7 nitrogen and oxygen atoms in total. The third-order valence-corrected chi connectivity index (χ3v) is 0.583. The first kappa shape index (κ1) is 11.0. The molecule has 8 heteroatoms. The number of hydrogen-bond donors (Lipinski definition) is 4. The Balaban J connectivity index is 0.000000217. The molecule has 0 fully saturated rings. The van der Waals surface area contributed by atoms with Gasteiger partial charge in [0.2, 0.25) is 0 Å². The Hall–Kier alpha value is -1.01. The molecule has 68 valence electrons. The van der Waals surface area contributed by atoms with Crippen molar-refractivity contribution in [3.63, 3.8) is 0 Å². The maximum absolute atomic E-state index is 10.2. The van der Waals surface area contributed by atoms with E-state index >= 15 is 0 Å². The van der Waals surface area contributed by atoms with Crippen LogP contribution in [0.2, 0.25) is 0 Å². The van der Waals surface area contributed by atoms with Crippen molar-refractivity contribution >= 4 is 7.82 Å². The molecule has 1 heterocycles. The van der Waals surface area contributed by atoms with E-state index in [0.717, 1.165) is 0 Å². The van der Waals surface area contributed by atoms with Gasteiger partial charge in [-0.2, -0.15) is 5.10 Å². The van der Waals surface area contributed by atoms with E-state index in [4.69, 9.17) is 19.2 Å². The quantitative estimate of drug-likeness (QED) is 0.386. The molecule has 12 heavy (non-hydrogen) atoms. The normalized spacial score (nSPS) is 9.92. The van der Waals surface area contributed by atoms with Crippen molar-refractivity contribution in [3.05, 3.63) is 28.7 Å². The van der Waals surface area contributed by atoms with Gasteiger partial charge in [0.15, 0.2) is 0 Å². The molecule has 1 aromatic rings. The molecule has 0 aliphatic carbocycles. The number of H-pyrrole nitrogens is 1. The van der Waals surface area contributed by atoms with E-state index in [1.807, 2.05) is 0 Å². The van der Waals surface area contributed by atoms with Crippen molar-refractivity contribution in [1.29, 1.82) is 0 Å². The molecule has 0 unspecified atom stereocenters. The molecule has 0 saturated carbocycles. The van der Waals surface area contributed by atoms with Gasteiger partial charge in [-0.15, -0.1) is 0 Å². The van der Waals surface area contributed by atoms with Gasteiger partial charge in [-0.3, -0.25) is 4.79 Å². The number of nitrogens with one attached hydrogen (secondary N) is 1. The second kappa shape index (κ2) is 4.78. The van der Waals surface area contributed by atoms with Crippen molar-refractivity contribution in [2.24, 2.45) is 0 Å². The summed E-state index contributed by atoms with van der Waals surface area (Å²) in [6.07, 6.45) is 1.52. The third-order valence-electron chi connectivity index (χ3n) is 0.583. The maximum atomic E-state index is 10.2. The summed E-state index contributed by atoms with van der Waals surface area (Å²) in [5, 5.41) is 5.67. The first-order valence-corrected chi connectivity index (χ1v) is 4.24. The monoisotopic (exact) mass is 194 g/mol. The lowest BCUT2D eigenvalue weighted by Gasteiger charge is -1.82. The standard InChI is InChI=1S/C4H4N2O.H3O4P/c7-4-2-1-3-5-6-4;1-5(2,3)4/h1-3H,(H,6,7);(H3,1,2,3,4). The van der Waals surface area contributed by atoms with Crippen LogP contribution >= 0.6 is 7.82 Å². The molecule has 0 aliphatic heterocycles. The molecule has 0 saturated heterocycles. The lowest BCUT2D eigenvalue weighted by atomic mass is 10.6. The Morgan fingerprint density at radius 3 is 2.08 bits per heavy atom. The van der Waals surface area contributed by atoms with Gasteiger partial charge >= 0.3 is 7.82 Å². The molecule has 0 radical (unpaired) electrons. The molecule has 0 aliphatic rings. The summed E-state index contributed by atoms with van der Waals surface area (Å²) < 4.78 is 8.88. The molecule has 0 amide bonds. The van der Waals surface area contributed by atoms with Crippen molar-refractivity contribution < 1.29 is 19.2 Å². The second-order valence-electron chi connectivity index (χ2n) is 1.63. The van der Waals surface area contributed by atoms with Gasteiger partial charge in [-0.1, -0.05) is 0 Å². The highest BCUT2D eigenvalue weighted by Crippen LogP contribution is 2.25. The van der Waals surface area contributed by atoms with Crippen LogP contribution in [0.15, 0.2) is 23.1 Å². The summed E-state index contributed by atoms with van der Waals surface area (Å²) in [4.78, 5) is 31.7. The Labute approximate surface area is 66.9 Å². The SMILES string of the molecule is O=P(O)(O)O.O=c1cccn[nH]1. The Bertz CT molecular complexity index is 291. The second-order valence-corrected chi connectivity index (χ2v) is 2.65. The molecule has 0 aromatic carbocycles. The minimum absolute atomic E-state index is 0.164. The van der Waals surface area contributed by atoms with Crippen molar-refractivity contribution in [2.75, 3.05) is 0 Å². The van der Waals surface area contributed by atoms with Crippen molar-refractivity contribution in [2.45, 2.75) is 0 Å². The van der Waals surface area contributed by atoms with Gasteiger partial charge < -0.3 is 14.7 Å². The molecule has 4 N–H and O–H groups in total. The Morgan fingerprint density at radius 1 is 1.42 bits per heavy atom. The smallest absolute Gasteiger partial charge is 0.303 e. The van der Waals surface area contributed by atoms with Gasteiger partial charge in [0.05, 0.1) is 0 Å². The zero-order chi connectivity index (χ0) is 9.61. The van der Waals surface area contributed by atoms with Gasteiger partial charge in [0, 0.05) is 12.3 Å². The highest BCUT2D eigenvalue weighted by molar-refractivity contribution is 7.45. The summed E-state index contributed by atoms with van der Waals surface area (Å²) in [6, 6.07) is 2.99. The van der Waals surface area contributed by atoms with Gasteiger partial charge in [0.1, 0.15) is 0 Å². The zero-order valence-electron chi connectivity index (χ0n) is 5.78. The van der Waals surface area contributed by atoms with Crippen LogP contribution < -0.4 is 5.56 Å². The summed E-state index contributed by atoms with van der Waals surface area (Å²) in [6.45, 7) is 0. The van der Waals surface area contributed by atoms with Crippen LogP contribution in [0.5, 0.6) is 0 Å². The van der Waals surface area contributed by atoms with E-state index in [9.17, 15) is 4.79 Å². The predicted octanol–water partition coefficient (Wildman–Crippen LogP) is -1.16. The van der Waals surface area contributed by atoms with Crippen LogP contribution in [0.3, 0.4) is 0 Å². The Kier molecular flexibility index (Phi) is 4.38. The highest BCUT2D eigenvalue weighted by atomic mass is 31.2. The van der Waals surface area contributed by atoms with E-state index in [0.29, 0.717) is 0 Å². The molecule has 1 aromatic heterocycles. The molecule has 0 bridgehead atoms. The fourth-order valence-corrected chi connectivity index (χ4v) is 0.312. The van der Waals surface area contributed by atoms with Crippen molar-refractivity contribution in [3.8, 4) is 0 Å². The zero-order valence-corrected chi connectivity index (χ0v) is 6.68. The van der Waals surface area contributed by atoms with Gasteiger partial charge in [-0.25, -0.2) is 9.66 Å². The number of rotatable bonds is 0. The minimum atomic E-state index is -4.64. The fourth-order valence-electron chi connectivity index (χ4n) is 0.312. The lowest BCUT2D eigenvalue weighted by molar-refractivity contribution is 0.275. The number of phosphoric acid groups is 1. The van der Waals surface area contributed by atoms with Gasteiger partial charge in [0.25, 0.3) is 5.56 Å². The summed E-state index contributed by atoms with van der Waals surface area (Å²) >= 11 is 0. The number of nitrogens with zero attached hydrogens (tertiary/aromatic N) is 1. The molecular formula is C4H7N2O5P. The van der Waals surface area contributed by atoms with Crippen LogP contribution in [0, 0.1) is 0 Å². The average molecular weight is 194 g/mol. The lowest BCUT2D eigenvalue weighted by Crippen LogP contribution is -2.02.